The van der Waals surface area contributed by atoms with E-state index in [9.17, 15) is 9.90 Å². The molecule has 2 aliphatic rings. The number of aromatic nitrogens is 1. The number of aliphatic hydroxyl groups is 1. The van der Waals surface area contributed by atoms with Gasteiger partial charge in [0, 0.05) is 59.9 Å². The number of halogens is 1. The summed E-state index contributed by atoms with van der Waals surface area (Å²) >= 11 is 6.07. The third-order valence-electron chi connectivity index (χ3n) is 6.23. The molecule has 1 fully saturated rings. The van der Waals surface area contributed by atoms with Gasteiger partial charge >= 0.3 is 6.03 Å². The normalized spacial score (nSPS) is 22.3. The number of carbonyl (C=O) groups is 1. The fourth-order valence-corrected chi connectivity index (χ4v) is 5.04. The molecular weight excluding hydrogens is 412 g/mol. The molecule has 3 heterocycles. The molecule has 5 rings (SSSR count). The number of benzene rings is 2. The average molecular weight is 435 g/mol. The molecule has 158 valence electrons. The second kappa shape index (κ2) is 8.30. The zero-order valence-corrected chi connectivity index (χ0v) is 17.6. The molecule has 1 saturated heterocycles. The number of fused-ring (bicyclic) bond motifs is 3. The van der Waals surface area contributed by atoms with E-state index in [2.05, 4.69) is 21.3 Å². The van der Waals surface area contributed by atoms with Gasteiger partial charge in [-0.2, -0.15) is 0 Å². The van der Waals surface area contributed by atoms with E-state index in [0.29, 0.717) is 23.8 Å². The van der Waals surface area contributed by atoms with E-state index in [0.717, 1.165) is 16.8 Å². The standard InChI is InChI=1S/C24H23ClN4O2/c25-17-6-3-7-18(11-17)27-24(31)29-14-21-23(19-8-1-2-9-20(19)29)22(15-30)28(21)13-16-5-4-10-26-12-16/h1-12,21-23,30H,13-15H2,(H,27,31)/t21-,22+,23+/m0/s1. The third kappa shape index (κ3) is 3.67. The molecule has 2 aliphatic heterocycles. The number of carbonyl (C=O) groups excluding carboxylic acids is 1. The van der Waals surface area contributed by atoms with Gasteiger partial charge < -0.3 is 10.4 Å². The number of aliphatic hydroxyl groups excluding tert-OH is 1. The zero-order chi connectivity index (χ0) is 21.4. The molecular formula is C24H23ClN4O2. The summed E-state index contributed by atoms with van der Waals surface area (Å²) < 4.78 is 0. The van der Waals surface area contributed by atoms with E-state index in [-0.39, 0.29) is 30.6 Å². The van der Waals surface area contributed by atoms with Gasteiger partial charge in [-0.1, -0.05) is 41.9 Å². The maximum absolute atomic E-state index is 13.2. The Labute approximate surface area is 186 Å². The summed E-state index contributed by atoms with van der Waals surface area (Å²) in [5.41, 5.74) is 3.74. The highest BCUT2D eigenvalue weighted by Crippen LogP contribution is 2.48. The van der Waals surface area contributed by atoms with E-state index < -0.39 is 0 Å². The Morgan fingerprint density at radius 1 is 1.16 bits per heavy atom. The molecule has 2 amide bonds. The van der Waals surface area contributed by atoms with Crippen molar-refractivity contribution in [3.8, 4) is 0 Å². The van der Waals surface area contributed by atoms with Crippen LogP contribution in [0.15, 0.2) is 73.1 Å². The van der Waals surface area contributed by atoms with Crippen LogP contribution in [0.1, 0.15) is 17.0 Å². The average Bonchev–Trinajstić information content (AvgIpc) is 2.78. The minimum Gasteiger partial charge on any atom is -0.395 e. The second-order valence-electron chi connectivity index (χ2n) is 7.99. The Morgan fingerprint density at radius 2 is 2.03 bits per heavy atom. The van der Waals surface area contributed by atoms with Gasteiger partial charge in [0.15, 0.2) is 0 Å². The molecule has 0 saturated carbocycles. The lowest BCUT2D eigenvalue weighted by atomic mass is 9.72. The molecule has 2 aromatic carbocycles. The van der Waals surface area contributed by atoms with Gasteiger partial charge in [0.25, 0.3) is 0 Å². The minimum atomic E-state index is -0.193. The number of rotatable bonds is 4. The molecule has 3 atom stereocenters. The number of amides is 2. The number of urea groups is 1. The molecule has 0 radical (unpaired) electrons. The van der Waals surface area contributed by atoms with E-state index in [4.69, 9.17) is 11.6 Å². The number of pyridine rings is 1. The molecule has 3 aromatic rings. The van der Waals surface area contributed by atoms with Crippen LogP contribution < -0.4 is 10.2 Å². The van der Waals surface area contributed by atoms with Crippen molar-refractivity contribution in [2.24, 2.45) is 0 Å². The van der Waals surface area contributed by atoms with Crippen molar-refractivity contribution < 1.29 is 9.90 Å². The Kier molecular flexibility index (Phi) is 5.36. The number of nitrogens with one attached hydrogen (secondary N) is 1. The van der Waals surface area contributed by atoms with Crippen LogP contribution in [0.25, 0.3) is 0 Å². The molecule has 0 unspecified atom stereocenters. The molecule has 2 N–H and O–H groups in total. The topological polar surface area (TPSA) is 68.7 Å². The smallest absolute Gasteiger partial charge is 0.326 e. The SMILES string of the molecule is O=C(Nc1cccc(Cl)c1)N1C[C@H]2[C@@H](c3ccccc31)[C@@H](CO)N2Cc1cccnc1. The highest BCUT2D eigenvalue weighted by atomic mass is 35.5. The third-order valence-corrected chi connectivity index (χ3v) is 6.47. The number of nitrogens with zero attached hydrogens (tertiary/aromatic N) is 3. The molecule has 0 aliphatic carbocycles. The maximum atomic E-state index is 13.2. The fourth-order valence-electron chi connectivity index (χ4n) is 4.85. The van der Waals surface area contributed by atoms with E-state index in [1.807, 2.05) is 48.7 Å². The van der Waals surface area contributed by atoms with E-state index in [1.54, 1.807) is 23.2 Å². The molecule has 1 aromatic heterocycles. The van der Waals surface area contributed by atoms with Gasteiger partial charge in [0.2, 0.25) is 0 Å². The van der Waals surface area contributed by atoms with Crippen molar-refractivity contribution >= 4 is 29.0 Å². The van der Waals surface area contributed by atoms with Crippen molar-refractivity contribution in [1.82, 2.24) is 9.88 Å². The largest absolute Gasteiger partial charge is 0.395 e. The van der Waals surface area contributed by atoms with Crippen LogP contribution in [0, 0.1) is 0 Å². The summed E-state index contributed by atoms with van der Waals surface area (Å²) in [6.45, 7) is 1.31. The monoisotopic (exact) mass is 434 g/mol. The number of hydrogen-bond donors (Lipinski definition) is 2. The Balaban J connectivity index is 1.44. The number of hydrogen-bond acceptors (Lipinski definition) is 4. The van der Waals surface area contributed by atoms with Crippen LogP contribution in [0.2, 0.25) is 5.02 Å². The molecule has 6 nitrogen and oxygen atoms in total. The van der Waals surface area contributed by atoms with Gasteiger partial charge in [-0.05, 0) is 41.5 Å². The van der Waals surface area contributed by atoms with Crippen LogP contribution in [0.4, 0.5) is 16.2 Å². The highest BCUT2D eigenvalue weighted by molar-refractivity contribution is 6.30. The van der Waals surface area contributed by atoms with Crippen molar-refractivity contribution in [3.05, 3.63) is 89.2 Å². The first-order chi connectivity index (χ1) is 15.2. The zero-order valence-electron chi connectivity index (χ0n) is 16.9. The van der Waals surface area contributed by atoms with Crippen LogP contribution >= 0.6 is 11.6 Å². The molecule has 31 heavy (non-hydrogen) atoms. The lowest BCUT2D eigenvalue weighted by Gasteiger charge is -2.59. The number of para-hydroxylation sites is 1. The summed E-state index contributed by atoms with van der Waals surface area (Å²) in [4.78, 5) is 21.5. The first kappa shape index (κ1) is 20.0. The van der Waals surface area contributed by atoms with E-state index >= 15 is 0 Å². The second-order valence-corrected chi connectivity index (χ2v) is 8.42. The van der Waals surface area contributed by atoms with E-state index in [1.165, 1.54) is 0 Å². The van der Waals surface area contributed by atoms with Crippen LogP contribution in [-0.4, -0.2) is 46.3 Å². The summed E-state index contributed by atoms with van der Waals surface area (Å²) in [7, 11) is 0. The fraction of sp³-hybridized carbons (Fsp3) is 0.250. The summed E-state index contributed by atoms with van der Waals surface area (Å²) in [5.74, 6) is 0.188. The number of likely N-dealkylation sites (tertiary alicyclic amines) is 1. The van der Waals surface area contributed by atoms with Crippen molar-refractivity contribution in [2.75, 3.05) is 23.4 Å². The van der Waals surface area contributed by atoms with Gasteiger partial charge in [0.1, 0.15) is 0 Å². The minimum absolute atomic E-state index is 0.0181. The van der Waals surface area contributed by atoms with Gasteiger partial charge in [-0.25, -0.2) is 4.79 Å². The van der Waals surface area contributed by atoms with Crippen LogP contribution in [-0.2, 0) is 6.54 Å². The Morgan fingerprint density at radius 3 is 2.81 bits per heavy atom. The lowest BCUT2D eigenvalue weighted by Crippen LogP contribution is -2.69. The van der Waals surface area contributed by atoms with Crippen molar-refractivity contribution in [2.45, 2.75) is 24.5 Å². The van der Waals surface area contributed by atoms with Crippen LogP contribution in [0.3, 0.4) is 0 Å². The van der Waals surface area contributed by atoms with Gasteiger partial charge in [0.05, 0.1) is 6.61 Å². The van der Waals surface area contributed by atoms with Crippen LogP contribution in [0.5, 0.6) is 0 Å². The molecule has 7 heteroatoms. The molecule has 0 bridgehead atoms. The van der Waals surface area contributed by atoms with Gasteiger partial charge in [-0.15, -0.1) is 0 Å². The maximum Gasteiger partial charge on any atom is 0.326 e. The van der Waals surface area contributed by atoms with Gasteiger partial charge in [-0.3, -0.25) is 14.8 Å². The molecule has 0 spiro atoms. The lowest BCUT2D eigenvalue weighted by molar-refractivity contribution is -0.0484. The first-order valence-electron chi connectivity index (χ1n) is 10.3. The predicted molar refractivity (Wildman–Crippen MR) is 121 cm³/mol. The predicted octanol–water partition coefficient (Wildman–Crippen LogP) is 4.12. The Hall–Kier alpha value is -2.93. The number of anilines is 2. The summed E-state index contributed by atoms with van der Waals surface area (Å²) in [6.07, 6.45) is 3.60. The highest BCUT2D eigenvalue weighted by Gasteiger charge is 2.53. The van der Waals surface area contributed by atoms with Crippen molar-refractivity contribution in [1.29, 1.82) is 0 Å². The first-order valence-corrected chi connectivity index (χ1v) is 10.7. The summed E-state index contributed by atoms with van der Waals surface area (Å²) in [5, 5.41) is 13.7. The summed E-state index contributed by atoms with van der Waals surface area (Å²) in [6, 6.07) is 19.0. The quantitative estimate of drug-likeness (QED) is 0.648. The Bertz CT molecular complexity index is 1090. The van der Waals surface area contributed by atoms with Crippen molar-refractivity contribution in [3.63, 3.8) is 0 Å².